The number of amides is 1. The number of nitrogens with zero attached hydrogens (tertiary/aromatic N) is 2. The van der Waals surface area contributed by atoms with Crippen molar-refractivity contribution < 1.29 is 4.79 Å². The third-order valence-corrected chi connectivity index (χ3v) is 3.46. The Hall–Kier alpha value is -1.75. The number of aromatic nitrogens is 2. The van der Waals surface area contributed by atoms with E-state index < -0.39 is 0 Å². The summed E-state index contributed by atoms with van der Waals surface area (Å²) >= 11 is 1.11. The molecule has 2 rings (SSSR count). The van der Waals surface area contributed by atoms with Crippen LogP contribution in [0.15, 0.2) is 36.5 Å². The third kappa shape index (κ3) is 3.86. The Morgan fingerprint density at radius 3 is 2.63 bits per heavy atom. The standard InChI is InChI=1S/C14H17N3OS/c1-10(2)8-12(11-6-4-3-5-7-11)16-14(18)13-9-15-17-19-13/h3-7,9-10,12H,8H2,1-2H3,(H,16,18). The first-order chi connectivity index (χ1) is 9.16. The zero-order chi connectivity index (χ0) is 13.7. The number of rotatable bonds is 5. The molecule has 19 heavy (non-hydrogen) atoms. The Kier molecular flexibility index (Phi) is 4.63. The minimum absolute atomic E-state index is 0.0239. The predicted molar refractivity (Wildman–Crippen MR) is 76.0 cm³/mol. The Morgan fingerprint density at radius 1 is 1.32 bits per heavy atom. The number of benzene rings is 1. The van der Waals surface area contributed by atoms with Crippen LogP contribution in [0.4, 0.5) is 0 Å². The molecular formula is C14H17N3OS. The van der Waals surface area contributed by atoms with Gasteiger partial charge in [0.2, 0.25) is 0 Å². The van der Waals surface area contributed by atoms with Crippen LogP contribution in [0.1, 0.15) is 41.5 Å². The monoisotopic (exact) mass is 275 g/mol. The van der Waals surface area contributed by atoms with Crippen molar-refractivity contribution in [1.82, 2.24) is 14.9 Å². The maximum Gasteiger partial charge on any atom is 0.265 e. The van der Waals surface area contributed by atoms with E-state index in [0.29, 0.717) is 10.8 Å². The van der Waals surface area contributed by atoms with Gasteiger partial charge in [0.05, 0.1) is 12.2 Å². The van der Waals surface area contributed by atoms with Crippen molar-refractivity contribution in [2.75, 3.05) is 0 Å². The molecule has 1 aromatic heterocycles. The minimum Gasteiger partial charge on any atom is -0.344 e. The molecule has 0 fully saturated rings. The fourth-order valence-corrected chi connectivity index (χ4v) is 2.35. The number of carbonyl (C=O) groups excluding carboxylic acids is 1. The van der Waals surface area contributed by atoms with E-state index in [2.05, 4.69) is 28.8 Å². The minimum atomic E-state index is -0.107. The lowest BCUT2D eigenvalue weighted by molar-refractivity contribution is 0.0936. The van der Waals surface area contributed by atoms with Gasteiger partial charge < -0.3 is 5.32 Å². The summed E-state index contributed by atoms with van der Waals surface area (Å²) in [4.78, 5) is 12.6. The molecule has 1 N–H and O–H groups in total. The Morgan fingerprint density at radius 2 is 2.05 bits per heavy atom. The van der Waals surface area contributed by atoms with Crippen LogP contribution >= 0.6 is 11.5 Å². The molecule has 0 bridgehead atoms. The number of hydrogen-bond acceptors (Lipinski definition) is 4. The molecule has 1 aromatic carbocycles. The molecule has 0 spiro atoms. The van der Waals surface area contributed by atoms with E-state index in [1.165, 1.54) is 6.20 Å². The highest BCUT2D eigenvalue weighted by molar-refractivity contribution is 7.07. The van der Waals surface area contributed by atoms with E-state index in [1.807, 2.05) is 30.3 Å². The second kappa shape index (κ2) is 6.43. The van der Waals surface area contributed by atoms with E-state index in [4.69, 9.17) is 0 Å². The highest BCUT2D eigenvalue weighted by Crippen LogP contribution is 2.21. The topological polar surface area (TPSA) is 54.9 Å². The number of carbonyl (C=O) groups is 1. The van der Waals surface area contributed by atoms with Gasteiger partial charge in [0.15, 0.2) is 0 Å². The first-order valence-corrected chi connectivity index (χ1v) is 7.07. The average Bonchev–Trinajstić information content (AvgIpc) is 2.92. The summed E-state index contributed by atoms with van der Waals surface area (Å²) in [6.07, 6.45) is 2.40. The Bertz CT molecular complexity index is 511. The molecule has 0 aliphatic carbocycles. The van der Waals surface area contributed by atoms with E-state index in [1.54, 1.807) is 0 Å². The lowest BCUT2D eigenvalue weighted by Crippen LogP contribution is -2.28. The zero-order valence-electron chi connectivity index (χ0n) is 11.0. The second-order valence-electron chi connectivity index (χ2n) is 4.85. The van der Waals surface area contributed by atoms with Gasteiger partial charge in [-0.05, 0) is 29.4 Å². The molecule has 5 heteroatoms. The summed E-state index contributed by atoms with van der Waals surface area (Å²) in [6.45, 7) is 4.30. The van der Waals surface area contributed by atoms with Crippen LogP contribution < -0.4 is 5.32 Å². The first kappa shape index (κ1) is 13.7. The van der Waals surface area contributed by atoms with Crippen LogP contribution in [0, 0.1) is 5.92 Å². The molecule has 1 atom stereocenters. The molecule has 100 valence electrons. The maximum absolute atomic E-state index is 12.1. The summed E-state index contributed by atoms with van der Waals surface area (Å²) in [5, 5.41) is 6.75. The molecule has 1 amide bonds. The Balaban J connectivity index is 2.13. The molecule has 2 aromatic rings. The van der Waals surface area contributed by atoms with E-state index in [-0.39, 0.29) is 11.9 Å². The van der Waals surface area contributed by atoms with Gasteiger partial charge in [-0.2, -0.15) is 0 Å². The second-order valence-corrected chi connectivity index (χ2v) is 5.63. The summed E-state index contributed by atoms with van der Waals surface area (Å²) in [7, 11) is 0. The smallest absolute Gasteiger partial charge is 0.265 e. The first-order valence-electron chi connectivity index (χ1n) is 6.30. The van der Waals surface area contributed by atoms with Gasteiger partial charge in [-0.15, -0.1) is 5.10 Å². The summed E-state index contributed by atoms with van der Waals surface area (Å²) in [5.74, 6) is 0.398. The SMILES string of the molecule is CC(C)CC(NC(=O)c1cnns1)c1ccccc1. The van der Waals surface area contributed by atoms with Gasteiger partial charge >= 0.3 is 0 Å². The van der Waals surface area contributed by atoms with Crippen molar-refractivity contribution in [3.63, 3.8) is 0 Å². The summed E-state index contributed by atoms with van der Waals surface area (Å²) in [6, 6.07) is 10.1. The average molecular weight is 275 g/mol. The molecule has 1 unspecified atom stereocenters. The van der Waals surface area contributed by atoms with Crippen LogP contribution in [-0.2, 0) is 0 Å². The summed E-state index contributed by atoms with van der Waals surface area (Å²) in [5.41, 5.74) is 1.13. The normalized spacial score (nSPS) is 12.4. The highest BCUT2D eigenvalue weighted by Gasteiger charge is 2.18. The number of nitrogens with one attached hydrogen (secondary N) is 1. The molecule has 0 aliphatic heterocycles. The summed E-state index contributed by atoms with van der Waals surface area (Å²) < 4.78 is 3.72. The van der Waals surface area contributed by atoms with Gasteiger partial charge in [0.1, 0.15) is 4.88 Å². The highest BCUT2D eigenvalue weighted by atomic mass is 32.1. The largest absolute Gasteiger partial charge is 0.344 e. The third-order valence-electron chi connectivity index (χ3n) is 2.80. The van der Waals surface area contributed by atoms with E-state index >= 15 is 0 Å². The van der Waals surface area contributed by atoms with Crippen LogP contribution in [0.3, 0.4) is 0 Å². The van der Waals surface area contributed by atoms with Gasteiger partial charge in [-0.25, -0.2) is 0 Å². The lowest BCUT2D eigenvalue weighted by Gasteiger charge is -2.20. The molecule has 0 saturated heterocycles. The molecule has 0 radical (unpaired) electrons. The van der Waals surface area contributed by atoms with Crippen LogP contribution in [0.5, 0.6) is 0 Å². The predicted octanol–water partition coefficient (Wildman–Crippen LogP) is 3.06. The molecule has 1 heterocycles. The van der Waals surface area contributed by atoms with Gasteiger partial charge in [0.25, 0.3) is 5.91 Å². The molecule has 0 aliphatic rings. The van der Waals surface area contributed by atoms with Gasteiger partial charge in [-0.3, -0.25) is 4.79 Å². The molecule has 0 saturated carbocycles. The van der Waals surface area contributed by atoms with Crippen molar-refractivity contribution in [1.29, 1.82) is 0 Å². The quantitative estimate of drug-likeness (QED) is 0.912. The van der Waals surface area contributed by atoms with Crippen LogP contribution in [-0.4, -0.2) is 15.5 Å². The van der Waals surface area contributed by atoms with Crippen molar-refractivity contribution in [3.8, 4) is 0 Å². The van der Waals surface area contributed by atoms with E-state index in [0.717, 1.165) is 23.5 Å². The van der Waals surface area contributed by atoms with Crippen LogP contribution in [0.2, 0.25) is 0 Å². The van der Waals surface area contributed by atoms with Crippen molar-refractivity contribution in [3.05, 3.63) is 47.0 Å². The molecular weight excluding hydrogens is 258 g/mol. The van der Waals surface area contributed by atoms with E-state index in [9.17, 15) is 4.79 Å². The van der Waals surface area contributed by atoms with Crippen LogP contribution in [0.25, 0.3) is 0 Å². The van der Waals surface area contributed by atoms with Gasteiger partial charge in [-0.1, -0.05) is 48.7 Å². The fourth-order valence-electron chi connectivity index (χ4n) is 1.93. The Labute approximate surface area is 117 Å². The maximum atomic E-state index is 12.1. The lowest BCUT2D eigenvalue weighted by atomic mass is 9.97. The number of hydrogen-bond donors (Lipinski definition) is 1. The zero-order valence-corrected chi connectivity index (χ0v) is 11.9. The van der Waals surface area contributed by atoms with Crippen molar-refractivity contribution >= 4 is 17.4 Å². The van der Waals surface area contributed by atoms with Gasteiger partial charge in [0, 0.05) is 0 Å². The van der Waals surface area contributed by atoms with Crippen molar-refractivity contribution in [2.24, 2.45) is 5.92 Å². The molecule has 4 nitrogen and oxygen atoms in total. The van der Waals surface area contributed by atoms with Crippen molar-refractivity contribution in [2.45, 2.75) is 26.3 Å². The fraction of sp³-hybridized carbons (Fsp3) is 0.357.